The molecule has 0 radical (unpaired) electrons. The summed E-state index contributed by atoms with van der Waals surface area (Å²) in [5.41, 5.74) is 3.74. The number of carbonyl (C=O) groups excluding carboxylic acids is 2. The lowest BCUT2D eigenvalue weighted by Crippen LogP contribution is -2.66. The Morgan fingerprint density at radius 3 is 2.05 bits per heavy atom. The number of hydrogen-bond donors (Lipinski definition) is 3. The predicted molar refractivity (Wildman–Crippen MR) is 238 cm³/mol. The number of benzene rings is 3. The van der Waals surface area contributed by atoms with Gasteiger partial charge < -0.3 is 24.2 Å². The van der Waals surface area contributed by atoms with Gasteiger partial charge in [0.25, 0.3) is 8.32 Å². The van der Waals surface area contributed by atoms with Crippen LogP contribution in [0.2, 0.25) is 5.04 Å². The summed E-state index contributed by atoms with van der Waals surface area (Å²) >= 11 is 0. The average molecular weight is 831 g/mol. The Kier molecular flexibility index (Phi) is 13.9. The molecule has 9 nitrogen and oxygen atoms in total. The second-order valence-corrected chi connectivity index (χ2v) is 22.2. The van der Waals surface area contributed by atoms with Crippen molar-refractivity contribution in [1.82, 2.24) is 9.80 Å². The summed E-state index contributed by atoms with van der Waals surface area (Å²) in [5.74, 6) is -1.41. The zero-order valence-corrected chi connectivity index (χ0v) is 36.6. The number of imide groups is 1. The van der Waals surface area contributed by atoms with Gasteiger partial charge in [-0.25, -0.2) is 0 Å². The van der Waals surface area contributed by atoms with Crippen LogP contribution in [0.1, 0.15) is 83.3 Å². The molecule has 2 amide bonds. The maximum absolute atomic E-state index is 14.6. The van der Waals surface area contributed by atoms with E-state index in [0.29, 0.717) is 42.8 Å². The lowest BCUT2D eigenvalue weighted by atomic mass is 9.68. The predicted octanol–water partition coefficient (Wildman–Crippen LogP) is 6.86. The SMILES string of the molecule is CC/C(=C\c1ccc(CO)o1)CC[C@@H](O)C1=C(CO[Si](c2ccccc2)(c2ccccc2)C(C)(C)C)C[C@H]2C(=O)N(C3CCN(Cc4ccccc4)CC3)C(=O)[C@H]2[C@H]1CO. The first-order chi connectivity index (χ1) is 29.0. The quantitative estimate of drug-likeness (QED) is 0.0637. The third kappa shape index (κ3) is 8.96. The lowest BCUT2D eigenvalue weighted by molar-refractivity contribution is -0.144. The number of rotatable bonds is 16. The Labute approximate surface area is 356 Å². The molecule has 0 bridgehead atoms. The molecule has 2 aliphatic heterocycles. The van der Waals surface area contributed by atoms with Crippen LogP contribution in [0.4, 0.5) is 0 Å². The van der Waals surface area contributed by atoms with Crippen molar-refractivity contribution in [3.63, 3.8) is 0 Å². The molecule has 1 aromatic heterocycles. The largest absolute Gasteiger partial charge is 0.459 e. The fourth-order valence-electron chi connectivity index (χ4n) is 10.2. The van der Waals surface area contributed by atoms with Gasteiger partial charge in [-0.05, 0) is 88.9 Å². The van der Waals surface area contributed by atoms with Crippen LogP contribution < -0.4 is 10.4 Å². The summed E-state index contributed by atoms with van der Waals surface area (Å²) in [4.78, 5) is 33.2. The summed E-state index contributed by atoms with van der Waals surface area (Å²) in [6.45, 7) is 10.7. The molecule has 2 fully saturated rings. The second kappa shape index (κ2) is 19.1. The number of carbonyl (C=O) groups is 2. The van der Waals surface area contributed by atoms with E-state index in [2.05, 4.69) is 69.0 Å². The van der Waals surface area contributed by atoms with E-state index < -0.39 is 32.2 Å². The van der Waals surface area contributed by atoms with Crippen LogP contribution in [0.25, 0.3) is 6.08 Å². The minimum absolute atomic E-state index is 0.158. The molecule has 3 heterocycles. The topological polar surface area (TPSA) is 124 Å². The smallest absolute Gasteiger partial charge is 0.261 e. The highest BCUT2D eigenvalue weighted by atomic mass is 28.4. The van der Waals surface area contributed by atoms with Crippen molar-refractivity contribution in [1.29, 1.82) is 0 Å². The molecule has 60 heavy (non-hydrogen) atoms. The summed E-state index contributed by atoms with van der Waals surface area (Å²) in [7, 11) is -3.04. The number of furan rings is 1. The first kappa shape index (κ1) is 43.7. The van der Waals surface area contributed by atoms with Crippen molar-refractivity contribution in [3.05, 3.63) is 137 Å². The number of amides is 2. The molecule has 4 aromatic rings. The molecule has 4 atom stereocenters. The maximum Gasteiger partial charge on any atom is 0.261 e. The Morgan fingerprint density at radius 2 is 1.50 bits per heavy atom. The number of likely N-dealkylation sites (tertiary alicyclic amines) is 2. The Bertz CT molecular complexity index is 2080. The van der Waals surface area contributed by atoms with Crippen LogP contribution in [0.5, 0.6) is 0 Å². The van der Waals surface area contributed by atoms with E-state index in [-0.39, 0.29) is 49.1 Å². The van der Waals surface area contributed by atoms with Crippen LogP contribution >= 0.6 is 0 Å². The lowest BCUT2D eigenvalue weighted by Gasteiger charge is -2.44. The van der Waals surface area contributed by atoms with Crippen molar-refractivity contribution in [2.75, 3.05) is 26.3 Å². The van der Waals surface area contributed by atoms with Crippen LogP contribution in [0.3, 0.4) is 0 Å². The van der Waals surface area contributed by atoms with Gasteiger partial charge in [-0.15, -0.1) is 0 Å². The Morgan fingerprint density at radius 1 is 0.883 bits per heavy atom. The summed E-state index contributed by atoms with van der Waals surface area (Å²) in [6.07, 6.45) is 4.27. The fraction of sp³-hybridized carbons (Fsp3) is 0.440. The van der Waals surface area contributed by atoms with E-state index in [0.717, 1.165) is 47.6 Å². The second-order valence-electron chi connectivity index (χ2n) is 17.8. The Hall–Kier alpha value is -4.42. The van der Waals surface area contributed by atoms with Gasteiger partial charge in [0.2, 0.25) is 11.8 Å². The van der Waals surface area contributed by atoms with E-state index >= 15 is 0 Å². The highest BCUT2D eigenvalue weighted by Crippen LogP contribution is 2.48. The summed E-state index contributed by atoms with van der Waals surface area (Å²) < 4.78 is 13.2. The van der Waals surface area contributed by atoms with Crippen molar-refractivity contribution in [2.45, 2.75) is 96.6 Å². The average Bonchev–Trinajstić information content (AvgIpc) is 3.83. The molecule has 3 N–H and O–H groups in total. The molecule has 0 spiro atoms. The van der Waals surface area contributed by atoms with Crippen LogP contribution in [-0.2, 0) is 27.2 Å². The van der Waals surface area contributed by atoms with Gasteiger partial charge in [-0.2, -0.15) is 0 Å². The van der Waals surface area contributed by atoms with Crippen molar-refractivity contribution >= 4 is 36.6 Å². The van der Waals surface area contributed by atoms with E-state index in [9.17, 15) is 24.9 Å². The monoisotopic (exact) mass is 830 g/mol. The van der Waals surface area contributed by atoms with Gasteiger partial charge in [-0.3, -0.25) is 19.4 Å². The first-order valence-corrected chi connectivity index (χ1v) is 23.7. The van der Waals surface area contributed by atoms with E-state index in [1.807, 2.05) is 66.7 Å². The van der Waals surface area contributed by atoms with Crippen molar-refractivity contribution in [3.8, 4) is 0 Å². The molecule has 0 saturated carbocycles. The van der Waals surface area contributed by atoms with Gasteiger partial charge in [-0.1, -0.05) is 124 Å². The van der Waals surface area contributed by atoms with Crippen molar-refractivity contribution < 1.29 is 33.8 Å². The molecule has 7 rings (SSSR count). The molecular weight excluding hydrogens is 769 g/mol. The minimum Gasteiger partial charge on any atom is -0.459 e. The van der Waals surface area contributed by atoms with Crippen LogP contribution in [-0.4, -0.2) is 83.7 Å². The molecule has 1 aliphatic carbocycles. The molecule has 318 valence electrons. The number of aliphatic hydroxyl groups excluding tert-OH is 3. The number of fused-ring (bicyclic) bond motifs is 1. The zero-order valence-electron chi connectivity index (χ0n) is 35.6. The highest BCUT2D eigenvalue weighted by molar-refractivity contribution is 6.99. The fourth-order valence-corrected chi connectivity index (χ4v) is 14.7. The van der Waals surface area contributed by atoms with Crippen molar-refractivity contribution in [2.24, 2.45) is 17.8 Å². The molecule has 3 aliphatic rings. The normalized spacial score (nSPS) is 21.5. The highest BCUT2D eigenvalue weighted by Gasteiger charge is 2.57. The number of piperidine rings is 1. The molecule has 0 unspecified atom stereocenters. The zero-order chi connectivity index (χ0) is 42.4. The molecule has 3 aromatic carbocycles. The van der Waals surface area contributed by atoms with E-state index in [1.54, 1.807) is 6.07 Å². The van der Waals surface area contributed by atoms with E-state index in [4.69, 9.17) is 8.84 Å². The Balaban J connectivity index is 1.21. The van der Waals surface area contributed by atoms with E-state index in [1.165, 1.54) is 10.5 Å². The van der Waals surface area contributed by atoms with Gasteiger partial charge in [0.15, 0.2) is 0 Å². The maximum atomic E-state index is 14.6. The summed E-state index contributed by atoms with van der Waals surface area (Å²) in [5, 5.41) is 35.1. The molecular formula is C50H62N2O7Si. The summed E-state index contributed by atoms with van der Waals surface area (Å²) in [6, 6.07) is 34.5. The number of nitrogens with zero attached hydrogens (tertiary/aromatic N) is 2. The third-order valence-corrected chi connectivity index (χ3v) is 18.2. The molecule has 10 heteroatoms. The molecule has 2 saturated heterocycles. The van der Waals surface area contributed by atoms with Gasteiger partial charge in [0, 0.05) is 31.6 Å². The number of aliphatic hydroxyl groups is 3. The minimum atomic E-state index is -3.04. The van der Waals surface area contributed by atoms with Gasteiger partial charge in [0.05, 0.1) is 31.2 Å². The van der Waals surface area contributed by atoms with Gasteiger partial charge >= 0.3 is 0 Å². The number of hydrogen-bond acceptors (Lipinski definition) is 8. The van der Waals surface area contributed by atoms with Gasteiger partial charge in [0.1, 0.15) is 18.1 Å². The standard InChI is InChI=1S/C50H62N2O7Si/c1-5-35(29-39-22-23-40(32-53)59-39)21-24-45(55)46-37(34-58-60(50(2,3)4,41-17-11-7-12-18-41)42-19-13-8-14-20-42)30-43-47(44(46)33-54)49(57)52(48(43)56)38-25-27-51(28-26-38)31-36-15-9-6-10-16-36/h6-20,22-23,29,38,43-45,47,53-55H,5,21,24-28,30-34H2,1-4H3/b35-29+/t43-,44+,45-,47-/m1/s1. The first-order valence-electron chi connectivity index (χ1n) is 21.8. The van der Waals surface area contributed by atoms with Crippen LogP contribution in [0.15, 0.2) is 124 Å². The third-order valence-electron chi connectivity index (χ3n) is 13.2. The number of allylic oxidation sites excluding steroid dienone is 1. The van der Waals surface area contributed by atoms with Crippen LogP contribution in [0, 0.1) is 17.8 Å².